The minimum absolute atomic E-state index is 0.127. The molecule has 2 aromatic rings. The van der Waals surface area contributed by atoms with Gasteiger partial charge >= 0.3 is 0 Å². The van der Waals surface area contributed by atoms with Crippen LogP contribution in [0.25, 0.3) is 0 Å². The van der Waals surface area contributed by atoms with Crippen LogP contribution >= 0.6 is 0 Å². The van der Waals surface area contributed by atoms with Gasteiger partial charge < -0.3 is 5.11 Å². The molecule has 0 fully saturated rings. The number of nitrogens with zero attached hydrogens (tertiary/aromatic N) is 2. The van der Waals surface area contributed by atoms with Gasteiger partial charge in [-0.05, 0) is 36.8 Å². The van der Waals surface area contributed by atoms with Crippen LogP contribution in [0.2, 0.25) is 0 Å². The van der Waals surface area contributed by atoms with E-state index in [1.165, 1.54) is 30.6 Å². The van der Waals surface area contributed by atoms with E-state index in [4.69, 9.17) is 0 Å². The fourth-order valence-electron chi connectivity index (χ4n) is 2.10. The van der Waals surface area contributed by atoms with Crippen molar-refractivity contribution in [1.82, 2.24) is 4.98 Å². The molecule has 0 bridgehead atoms. The summed E-state index contributed by atoms with van der Waals surface area (Å²) in [5.41, 5.74) is 1.71. The van der Waals surface area contributed by atoms with Gasteiger partial charge in [-0.3, -0.25) is 14.6 Å². The third kappa shape index (κ3) is 1.59. The molecule has 0 unspecified atom stereocenters. The van der Waals surface area contributed by atoms with E-state index in [9.17, 15) is 14.7 Å². The van der Waals surface area contributed by atoms with Crippen molar-refractivity contribution in [2.24, 2.45) is 0 Å². The van der Waals surface area contributed by atoms with Crippen LogP contribution in [0.3, 0.4) is 0 Å². The number of anilines is 1. The van der Waals surface area contributed by atoms with Gasteiger partial charge in [0.15, 0.2) is 0 Å². The number of phenols is 1. The number of hydrogen-bond acceptors (Lipinski definition) is 4. The number of amides is 2. The van der Waals surface area contributed by atoms with E-state index in [1.54, 1.807) is 13.0 Å². The molecule has 1 aliphatic heterocycles. The minimum atomic E-state index is -0.391. The fourth-order valence-corrected chi connectivity index (χ4v) is 2.10. The molecular weight excluding hydrogens is 244 g/mol. The Balaban J connectivity index is 2.11. The lowest BCUT2D eigenvalue weighted by Crippen LogP contribution is -2.29. The molecule has 0 radical (unpaired) electrons. The molecule has 1 aromatic heterocycles. The number of aromatic nitrogens is 1. The first-order chi connectivity index (χ1) is 9.09. The molecular formula is C14H10N2O3. The van der Waals surface area contributed by atoms with Crippen LogP contribution in [0.5, 0.6) is 5.75 Å². The SMILES string of the molecule is Cc1cc(N2C(=O)c3ccncc3C2=O)ccc1O. The van der Waals surface area contributed by atoms with Crippen LogP contribution in [-0.4, -0.2) is 21.9 Å². The van der Waals surface area contributed by atoms with Crippen molar-refractivity contribution in [1.29, 1.82) is 0 Å². The second-order valence-corrected chi connectivity index (χ2v) is 4.34. The van der Waals surface area contributed by atoms with Gasteiger partial charge in [-0.25, -0.2) is 4.90 Å². The molecule has 19 heavy (non-hydrogen) atoms. The zero-order valence-corrected chi connectivity index (χ0v) is 10.1. The van der Waals surface area contributed by atoms with Crippen molar-refractivity contribution in [3.63, 3.8) is 0 Å². The van der Waals surface area contributed by atoms with Crippen molar-refractivity contribution in [2.75, 3.05) is 4.90 Å². The van der Waals surface area contributed by atoms with E-state index in [0.29, 0.717) is 22.4 Å². The summed E-state index contributed by atoms with van der Waals surface area (Å²) >= 11 is 0. The maximum absolute atomic E-state index is 12.2. The van der Waals surface area contributed by atoms with Gasteiger partial charge in [0.1, 0.15) is 5.75 Å². The van der Waals surface area contributed by atoms with Crippen LogP contribution < -0.4 is 4.90 Å². The Morgan fingerprint density at radius 3 is 2.53 bits per heavy atom. The highest BCUT2D eigenvalue weighted by Gasteiger charge is 2.36. The van der Waals surface area contributed by atoms with Crippen LogP contribution in [0.15, 0.2) is 36.7 Å². The van der Waals surface area contributed by atoms with Crippen molar-refractivity contribution in [2.45, 2.75) is 6.92 Å². The van der Waals surface area contributed by atoms with Gasteiger partial charge in [-0.15, -0.1) is 0 Å². The minimum Gasteiger partial charge on any atom is -0.508 e. The molecule has 0 aliphatic carbocycles. The smallest absolute Gasteiger partial charge is 0.267 e. The molecule has 1 aromatic carbocycles. The van der Waals surface area contributed by atoms with E-state index in [1.807, 2.05) is 0 Å². The van der Waals surface area contributed by atoms with E-state index >= 15 is 0 Å². The molecule has 1 N–H and O–H groups in total. The maximum atomic E-state index is 12.2. The van der Waals surface area contributed by atoms with E-state index in [0.717, 1.165) is 4.90 Å². The normalized spacial score (nSPS) is 13.8. The zero-order chi connectivity index (χ0) is 13.6. The highest BCUT2D eigenvalue weighted by molar-refractivity contribution is 6.34. The molecule has 0 atom stereocenters. The molecule has 0 saturated carbocycles. The summed E-state index contributed by atoms with van der Waals surface area (Å²) in [7, 11) is 0. The largest absolute Gasteiger partial charge is 0.508 e. The summed E-state index contributed by atoms with van der Waals surface area (Å²) in [5.74, 6) is -0.632. The van der Waals surface area contributed by atoms with Gasteiger partial charge in [-0.2, -0.15) is 0 Å². The fraction of sp³-hybridized carbons (Fsp3) is 0.0714. The number of aryl methyl sites for hydroxylation is 1. The number of phenolic OH excluding ortho intramolecular Hbond substituents is 1. The summed E-state index contributed by atoms with van der Waals surface area (Å²) in [5, 5.41) is 9.49. The maximum Gasteiger partial charge on any atom is 0.267 e. The number of benzene rings is 1. The number of carbonyl (C=O) groups excluding carboxylic acids is 2. The van der Waals surface area contributed by atoms with E-state index in [-0.39, 0.29) is 11.7 Å². The summed E-state index contributed by atoms with van der Waals surface area (Å²) in [6.45, 7) is 1.71. The molecule has 5 nitrogen and oxygen atoms in total. The van der Waals surface area contributed by atoms with E-state index < -0.39 is 5.91 Å². The van der Waals surface area contributed by atoms with Crippen molar-refractivity contribution >= 4 is 17.5 Å². The highest BCUT2D eigenvalue weighted by atomic mass is 16.3. The molecule has 5 heteroatoms. The Morgan fingerprint density at radius 2 is 1.84 bits per heavy atom. The van der Waals surface area contributed by atoms with Gasteiger partial charge in [0.25, 0.3) is 11.8 Å². The van der Waals surface area contributed by atoms with Crippen molar-refractivity contribution in [3.05, 3.63) is 53.3 Å². The first-order valence-corrected chi connectivity index (χ1v) is 5.72. The quantitative estimate of drug-likeness (QED) is 0.789. The average molecular weight is 254 g/mol. The number of pyridine rings is 1. The summed E-state index contributed by atoms with van der Waals surface area (Å²) < 4.78 is 0. The van der Waals surface area contributed by atoms with Crippen molar-refractivity contribution in [3.8, 4) is 5.75 Å². The first kappa shape index (κ1) is 11.4. The lowest BCUT2D eigenvalue weighted by atomic mass is 10.2. The lowest BCUT2D eigenvalue weighted by molar-refractivity contribution is 0.0926. The summed E-state index contributed by atoms with van der Waals surface area (Å²) in [4.78, 5) is 29.4. The predicted molar refractivity (Wildman–Crippen MR) is 68.2 cm³/mol. The van der Waals surface area contributed by atoms with Crippen LogP contribution in [0.4, 0.5) is 5.69 Å². The van der Waals surface area contributed by atoms with Crippen LogP contribution in [0, 0.1) is 6.92 Å². The predicted octanol–water partition coefficient (Wildman–Crippen LogP) is 1.90. The molecule has 0 spiro atoms. The Labute approximate surface area is 109 Å². The number of carbonyl (C=O) groups is 2. The van der Waals surface area contributed by atoms with Crippen molar-refractivity contribution < 1.29 is 14.7 Å². The Kier molecular flexibility index (Phi) is 2.35. The summed E-state index contributed by atoms with van der Waals surface area (Å²) in [6.07, 6.45) is 2.87. The number of aromatic hydroxyl groups is 1. The van der Waals surface area contributed by atoms with Crippen LogP contribution in [0.1, 0.15) is 26.3 Å². The van der Waals surface area contributed by atoms with Gasteiger partial charge in [0, 0.05) is 12.4 Å². The molecule has 94 valence electrons. The molecule has 3 rings (SSSR count). The number of imide groups is 1. The van der Waals surface area contributed by atoms with Gasteiger partial charge in [-0.1, -0.05) is 0 Å². The standard InChI is InChI=1S/C14H10N2O3/c1-8-6-9(2-3-12(8)17)16-13(18)10-4-5-15-7-11(10)14(16)19/h2-7,17H,1H3. The Hall–Kier alpha value is -2.69. The lowest BCUT2D eigenvalue weighted by Gasteiger charge is -2.14. The third-order valence-electron chi connectivity index (χ3n) is 3.13. The number of hydrogen-bond donors (Lipinski definition) is 1. The molecule has 2 amide bonds. The second kappa shape index (κ2) is 3.91. The molecule has 1 aliphatic rings. The highest BCUT2D eigenvalue weighted by Crippen LogP contribution is 2.30. The molecule has 0 saturated heterocycles. The number of rotatable bonds is 1. The average Bonchev–Trinajstić information content (AvgIpc) is 2.66. The monoisotopic (exact) mass is 254 g/mol. The second-order valence-electron chi connectivity index (χ2n) is 4.34. The third-order valence-corrected chi connectivity index (χ3v) is 3.13. The number of fused-ring (bicyclic) bond motifs is 1. The Bertz CT molecular complexity index is 675. The van der Waals surface area contributed by atoms with Gasteiger partial charge in [0.05, 0.1) is 16.8 Å². The summed E-state index contributed by atoms with van der Waals surface area (Å²) in [6, 6.07) is 6.14. The van der Waals surface area contributed by atoms with Crippen LogP contribution in [-0.2, 0) is 0 Å². The van der Waals surface area contributed by atoms with E-state index in [2.05, 4.69) is 4.98 Å². The zero-order valence-electron chi connectivity index (χ0n) is 10.1. The first-order valence-electron chi connectivity index (χ1n) is 5.72. The molecule has 2 heterocycles. The topological polar surface area (TPSA) is 70.5 Å². The van der Waals surface area contributed by atoms with Gasteiger partial charge in [0.2, 0.25) is 0 Å². The Morgan fingerprint density at radius 1 is 1.11 bits per heavy atom.